The van der Waals surface area contributed by atoms with Crippen molar-refractivity contribution in [3.8, 4) is 0 Å². The van der Waals surface area contributed by atoms with E-state index in [9.17, 15) is 18.0 Å². The summed E-state index contributed by atoms with van der Waals surface area (Å²) < 4.78 is 44.4. The van der Waals surface area contributed by atoms with Crippen LogP contribution in [-0.4, -0.2) is 6.47 Å². The molecular formula is C18H13F3O2. The highest BCUT2D eigenvalue weighted by atomic mass is 19.4. The lowest BCUT2D eigenvalue weighted by Gasteiger charge is -2.15. The first-order valence-electron chi connectivity index (χ1n) is 7.05. The Bertz CT molecular complexity index is 776. The van der Waals surface area contributed by atoms with Crippen molar-refractivity contribution in [2.24, 2.45) is 0 Å². The number of rotatable bonds is 4. The molecule has 0 radical (unpaired) electrons. The lowest BCUT2D eigenvalue weighted by atomic mass is 9.94. The number of carbonyl (C=O) groups is 1. The molecule has 5 heteroatoms. The molecule has 0 saturated heterocycles. The van der Waals surface area contributed by atoms with Crippen LogP contribution in [0.25, 0.3) is 5.57 Å². The van der Waals surface area contributed by atoms with Crippen LogP contribution in [0.1, 0.15) is 27.8 Å². The van der Waals surface area contributed by atoms with Gasteiger partial charge >= 0.3 is 6.18 Å². The zero-order valence-electron chi connectivity index (χ0n) is 12.1. The van der Waals surface area contributed by atoms with E-state index >= 15 is 0 Å². The van der Waals surface area contributed by atoms with Crippen LogP contribution in [0.15, 0.2) is 48.5 Å². The monoisotopic (exact) mass is 318 g/mol. The van der Waals surface area contributed by atoms with Crippen LogP contribution in [0.2, 0.25) is 0 Å². The number of alkyl halides is 3. The molecule has 0 aliphatic heterocycles. The summed E-state index contributed by atoms with van der Waals surface area (Å²) >= 11 is 0. The molecule has 1 aliphatic carbocycles. The number of allylic oxidation sites excluding steroid dienone is 1. The largest absolute Gasteiger partial charge is 0.463 e. The maximum atomic E-state index is 13.2. The SMILES string of the molecule is O=COCc1ccc2c(c1)C(c1ccccc1C(F)(F)F)=CC2. The molecule has 0 bridgehead atoms. The lowest BCUT2D eigenvalue weighted by molar-refractivity contribution is -0.137. The van der Waals surface area contributed by atoms with E-state index in [0.29, 0.717) is 18.5 Å². The summed E-state index contributed by atoms with van der Waals surface area (Å²) in [5.74, 6) is 0. The van der Waals surface area contributed by atoms with E-state index in [2.05, 4.69) is 0 Å². The third-order valence-electron chi connectivity index (χ3n) is 3.83. The Morgan fingerprint density at radius 3 is 2.61 bits per heavy atom. The van der Waals surface area contributed by atoms with Gasteiger partial charge in [-0.25, -0.2) is 0 Å². The molecule has 0 N–H and O–H groups in total. The number of fused-ring (bicyclic) bond motifs is 1. The number of hydrogen-bond donors (Lipinski definition) is 0. The molecule has 0 spiro atoms. The Morgan fingerprint density at radius 1 is 1.09 bits per heavy atom. The molecule has 118 valence electrons. The minimum absolute atomic E-state index is 0.102. The Kier molecular flexibility index (Phi) is 3.94. The van der Waals surface area contributed by atoms with Gasteiger partial charge in [0.1, 0.15) is 6.61 Å². The molecule has 0 heterocycles. The summed E-state index contributed by atoms with van der Waals surface area (Å²) in [5.41, 5.74) is 2.57. The number of carbonyl (C=O) groups excluding carboxylic acids is 1. The van der Waals surface area contributed by atoms with Crippen LogP contribution in [0.4, 0.5) is 13.2 Å². The molecule has 2 aromatic carbocycles. The predicted octanol–water partition coefficient (Wildman–Crippen LogP) is 4.37. The highest BCUT2D eigenvalue weighted by molar-refractivity contribution is 5.86. The average molecular weight is 318 g/mol. The number of hydrogen-bond acceptors (Lipinski definition) is 2. The minimum atomic E-state index is -4.40. The third-order valence-corrected chi connectivity index (χ3v) is 3.83. The van der Waals surface area contributed by atoms with E-state index in [1.807, 2.05) is 12.1 Å². The second kappa shape index (κ2) is 5.91. The average Bonchev–Trinajstić information content (AvgIpc) is 2.95. The third kappa shape index (κ3) is 2.99. The van der Waals surface area contributed by atoms with Gasteiger partial charge in [-0.05, 0) is 46.4 Å². The zero-order valence-corrected chi connectivity index (χ0v) is 12.1. The highest BCUT2D eigenvalue weighted by Gasteiger charge is 2.34. The fourth-order valence-electron chi connectivity index (χ4n) is 2.81. The normalized spacial score (nSPS) is 13.4. The summed E-state index contributed by atoms with van der Waals surface area (Å²) in [6.45, 7) is 0.452. The van der Waals surface area contributed by atoms with Crippen LogP contribution in [0, 0.1) is 0 Å². The van der Waals surface area contributed by atoms with Gasteiger partial charge in [-0.2, -0.15) is 13.2 Å². The number of ether oxygens (including phenoxy) is 1. The molecule has 0 unspecified atom stereocenters. The van der Waals surface area contributed by atoms with E-state index in [0.717, 1.165) is 22.8 Å². The summed E-state index contributed by atoms with van der Waals surface area (Å²) in [7, 11) is 0. The van der Waals surface area contributed by atoms with E-state index < -0.39 is 11.7 Å². The quantitative estimate of drug-likeness (QED) is 0.783. The topological polar surface area (TPSA) is 26.3 Å². The van der Waals surface area contributed by atoms with Crippen LogP contribution in [0.3, 0.4) is 0 Å². The molecule has 1 aliphatic rings. The first-order valence-corrected chi connectivity index (χ1v) is 7.05. The molecule has 23 heavy (non-hydrogen) atoms. The fourth-order valence-corrected chi connectivity index (χ4v) is 2.81. The molecule has 0 fully saturated rings. The van der Waals surface area contributed by atoms with Gasteiger partial charge in [-0.3, -0.25) is 4.79 Å². The van der Waals surface area contributed by atoms with Gasteiger partial charge in [0.2, 0.25) is 0 Å². The van der Waals surface area contributed by atoms with Crippen molar-refractivity contribution in [3.05, 3.63) is 76.4 Å². The number of benzene rings is 2. The van der Waals surface area contributed by atoms with E-state index in [-0.39, 0.29) is 12.2 Å². The summed E-state index contributed by atoms with van der Waals surface area (Å²) in [6.07, 6.45) is -2.01. The maximum Gasteiger partial charge on any atom is 0.417 e. The van der Waals surface area contributed by atoms with Crippen molar-refractivity contribution in [1.82, 2.24) is 0 Å². The molecule has 2 aromatic rings. The van der Waals surface area contributed by atoms with Crippen LogP contribution in [0.5, 0.6) is 0 Å². The molecule has 2 nitrogen and oxygen atoms in total. The van der Waals surface area contributed by atoms with Crippen LogP contribution in [-0.2, 0) is 28.7 Å². The first kappa shape index (κ1) is 15.3. The van der Waals surface area contributed by atoms with Crippen molar-refractivity contribution in [2.45, 2.75) is 19.2 Å². The Balaban J connectivity index is 2.04. The van der Waals surface area contributed by atoms with Crippen LogP contribution < -0.4 is 0 Å². The minimum Gasteiger partial charge on any atom is -0.463 e. The van der Waals surface area contributed by atoms with Gasteiger partial charge in [0, 0.05) is 0 Å². The first-order chi connectivity index (χ1) is 11.0. The standard InChI is InChI=1S/C18H13F3O2/c19-18(20,21)17-4-2-1-3-15(17)14-8-7-13-6-5-12(9-16(13)14)10-23-11-22/h1-6,8-9,11H,7,10H2. The number of halogens is 3. The Labute approximate surface area is 131 Å². The van der Waals surface area contributed by atoms with Gasteiger partial charge in [0.25, 0.3) is 6.47 Å². The van der Waals surface area contributed by atoms with Crippen LogP contribution >= 0.6 is 0 Å². The lowest BCUT2D eigenvalue weighted by Crippen LogP contribution is -2.08. The second-order valence-corrected chi connectivity index (χ2v) is 5.26. The smallest absolute Gasteiger partial charge is 0.417 e. The summed E-state index contributed by atoms with van der Waals surface area (Å²) in [4.78, 5) is 10.3. The van der Waals surface area contributed by atoms with Crippen molar-refractivity contribution < 1.29 is 22.7 Å². The maximum absolute atomic E-state index is 13.2. The fraction of sp³-hybridized carbons (Fsp3) is 0.167. The second-order valence-electron chi connectivity index (χ2n) is 5.26. The predicted molar refractivity (Wildman–Crippen MR) is 79.5 cm³/mol. The van der Waals surface area contributed by atoms with Crippen molar-refractivity contribution in [1.29, 1.82) is 0 Å². The van der Waals surface area contributed by atoms with Gasteiger partial charge < -0.3 is 4.74 Å². The highest BCUT2D eigenvalue weighted by Crippen LogP contribution is 2.40. The molecule has 0 saturated carbocycles. The summed E-state index contributed by atoms with van der Waals surface area (Å²) in [5, 5.41) is 0. The van der Waals surface area contributed by atoms with Gasteiger partial charge in [0.05, 0.1) is 5.56 Å². The van der Waals surface area contributed by atoms with Crippen molar-refractivity contribution in [3.63, 3.8) is 0 Å². The molecule has 0 amide bonds. The molecule has 0 aromatic heterocycles. The Hall–Kier alpha value is -2.56. The van der Waals surface area contributed by atoms with Gasteiger partial charge in [-0.15, -0.1) is 0 Å². The molecule has 3 rings (SSSR count). The molecule has 0 atom stereocenters. The van der Waals surface area contributed by atoms with E-state index in [1.54, 1.807) is 18.2 Å². The van der Waals surface area contributed by atoms with E-state index in [4.69, 9.17) is 4.74 Å². The van der Waals surface area contributed by atoms with Gasteiger partial charge in [-0.1, -0.05) is 36.4 Å². The summed E-state index contributed by atoms with van der Waals surface area (Å²) in [6, 6.07) is 11.0. The van der Waals surface area contributed by atoms with Crippen molar-refractivity contribution in [2.75, 3.05) is 0 Å². The zero-order chi connectivity index (χ0) is 16.4. The molecular weight excluding hydrogens is 305 g/mol. The Morgan fingerprint density at radius 2 is 1.87 bits per heavy atom. The van der Waals surface area contributed by atoms with Gasteiger partial charge in [0.15, 0.2) is 0 Å². The van der Waals surface area contributed by atoms with E-state index in [1.165, 1.54) is 12.1 Å². The van der Waals surface area contributed by atoms with Crippen molar-refractivity contribution >= 4 is 12.0 Å².